The molecule has 0 heterocycles. The number of methoxy groups -OCH3 is 2. The highest BCUT2D eigenvalue weighted by molar-refractivity contribution is 5.85. The summed E-state index contributed by atoms with van der Waals surface area (Å²) < 4.78 is 10.4. The third-order valence-electron chi connectivity index (χ3n) is 2.58. The van der Waals surface area contributed by atoms with Crippen molar-refractivity contribution in [3.8, 4) is 11.5 Å². The predicted molar refractivity (Wildman–Crippen MR) is 77.2 cm³/mol. The second kappa shape index (κ2) is 9.47. The number of ether oxygens (including phenoxy) is 2. The van der Waals surface area contributed by atoms with Crippen LogP contribution in [0, 0.1) is 0 Å². The van der Waals surface area contributed by atoms with Gasteiger partial charge in [-0.2, -0.15) is 0 Å². The highest BCUT2D eigenvalue weighted by Crippen LogP contribution is 2.24. The molecule has 1 amide bonds. The summed E-state index contributed by atoms with van der Waals surface area (Å²) in [4.78, 5) is 11.5. The quantitative estimate of drug-likeness (QED) is 0.789. The lowest BCUT2D eigenvalue weighted by molar-refractivity contribution is -0.120. The van der Waals surface area contributed by atoms with Gasteiger partial charge in [-0.1, -0.05) is 0 Å². The molecule has 0 unspecified atom stereocenters. The lowest BCUT2D eigenvalue weighted by Crippen LogP contribution is -2.29. The molecule has 0 aliphatic heterocycles. The average molecular weight is 289 g/mol. The van der Waals surface area contributed by atoms with Crippen molar-refractivity contribution >= 4 is 18.3 Å². The van der Waals surface area contributed by atoms with Crippen LogP contribution in [0.25, 0.3) is 0 Å². The monoisotopic (exact) mass is 288 g/mol. The maximum Gasteiger partial charge on any atom is 0.220 e. The van der Waals surface area contributed by atoms with E-state index in [1.165, 1.54) is 0 Å². The van der Waals surface area contributed by atoms with E-state index in [1.807, 2.05) is 18.2 Å². The van der Waals surface area contributed by atoms with Crippen molar-refractivity contribution in [2.24, 2.45) is 5.73 Å². The maximum atomic E-state index is 11.5. The van der Waals surface area contributed by atoms with Gasteiger partial charge in [0, 0.05) is 19.5 Å². The summed E-state index contributed by atoms with van der Waals surface area (Å²) in [6, 6.07) is 5.55. The molecule has 1 rings (SSSR count). The zero-order valence-corrected chi connectivity index (χ0v) is 12.1. The number of carbonyl (C=O) groups is 1. The minimum Gasteiger partial charge on any atom is -0.497 e. The van der Waals surface area contributed by atoms with E-state index in [1.54, 1.807) is 14.2 Å². The van der Waals surface area contributed by atoms with Crippen LogP contribution in [-0.4, -0.2) is 33.2 Å². The zero-order chi connectivity index (χ0) is 13.4. The van der Waals surface area contributed by atoms with Crippen molar-refractivity contribution < 1.29 is 14.3 Å². The van der Waals surface area contributed by atoms with Gasteiger partial charge in [-0.25, -0.2) is 0 Å². The molecule has 0 aliphatic carbocycles. The zero-order valence-electron chi connectivity index (χ0n) is 11.3. The van der Waals surface area contributed by atoms with Crippen molar-refractivity contribution in [1.82, 2.24) is 5.32 Å². The fourth-order valence-corrected chi connectivity index (χ4v) is 1.63. The molecule has 1 aromatic carbocycles. The number of aryl methyl sites for hydroxylation is 1. The molecule has 0 bridgehead atoms. The smallest absolute Gasteiger partial charge is 0.220 e. The van der Waals surface area contributed by atoms with Crippen LogP contribution in [-0.2, 0) is 11.2 Å². The minimum absolute atomic E-state index is 0. The number of nitrogens with one attached hydrogen (secondary N) is 1. The van der Waals surface area contributed by atoms with E-state index in [4.69, 9.17) is 15.2 Å². The van der Waals surface area contributed by atoms with Gasteiger partial charge >= 0.3 is 0 Å². The molecule has 19 heavy (non-hydrogen) atoms. The van der Waals surface area contributed by atoms with Crippen molar-refractivity contribution in [3.05, 3.63) is 23.8 Å². The van der Waals surface area contributed by atoms with Crippen LogP contribution in [0.15, 0.2) is 18.2 Å². The Bertz CT molecular complexity index is 399. The van der Waals surface area contributed by atoms with Crippen LogP contribution < -0.4 is 20.5 Å². The van der Waals surface area contributed by atoms with E-state index in [0.717, 1.165) is 17.1 Å². The second-order valence-electron chi connectivity index (χ2n) is 3.82. The van der Waals surface area contributed by atoms with Crippen molar-refractivity contribution in [2.75, 3.05) is 27.3 Å². The van der Waals surface area contributed by atoms with Gasteiger partial charge in [0.1, 0.15) is 11.5 Å². The Hall–Kier alpha value is -1.46. The molecule has 3 N–H and O–H groups in total. The first-order valence-corrected chi connectivity index (χ1v) is 5.89. The summed E-state index contributed by atoms with van der Waals surface area (Å²) in [6.07, 6.45) is 1.01. The number of rotatable bonds is 7. The SMILES string of the molecule is COc1ccc(OC)c(CCC(=O)NCCN)c1.Cl. The highest BCUT2D eigenvalue weighted by Gasteiger charge is 2.07. The van der Waals surface area contributed by atoms with Crippen molar-refractivity contribution in [2.45, 2.75) is 12.8 Å². The Balaban J connectivity index is 0.00000324. The summed E-state index contributed by atoms with van der Waals surface area (Å²) in [5.41, 5.74) is 6.27. The summed E-state index contributed by atoms with van der Waals surface area (Å²) in [5, 5.41) is 2.73. The van der Waals surface area contributed by atoms with Crippen molar-refractivity contribution in [3.63, 3.8) is 0 Å². The number of carbonyl (C=O) groups excluding carboxylic acids is 1. The number of hydrogen-bond acceptors (Lipinski definition) is 4. The van der Waals surface area contributed by atoms with Gasteiger partial charge in [0.15, 0.2) is 0 Å². The normalized spacial score (nSPS) is 9.42. The number of benzene rings is 1. The van der Waals surface area contributed by atoms with Crippen LogP contribution in [0.2, 0.25) is 0 Å². The number of nitrogens with two attached hydrogens (primary N) is 1. The minimum atomic E-state index is -0.00896. The van der Waals surface area contributed by atoms with E-state index in [2.05, 4.69) is 5.32 Å². The molecule has 0 spiro atoms. The van der Waals surface area contributed by atoms with Crippen molar-refractivity contribution in [1.29, 1.82) is 0 Å². The first-order chi connectivity index (χ1) is 8.71. The fourth-order valence-electron chi connectivity index (χ4n) is 1.63. The molecular formula is C13H21ClN2O3. The summed E-state index contributed by atoms with van der Waals surface area (Å²) in [7, 11) is 3.22. The average Bonchev–Trinajstić information content (AvgIpc) is 2.42. The van der Waals surface area contributed by atoms with Crippen LogP contribution in [0.4, 0.5) is 0 Å². The molecule has 1 aromatic rings. The first kappa shape index (κ1) is 17.5. The van der Waals surface area contributed by atoms with Crippen LogP contribution in [0.5, 0.6) is 11.5 Å². The van der Waals surface area contributed by atoms with Gasteiger partial charge in [0.2, 0.25) is 5.91 Å². The van der Waals surface area contributed by atoms with Crippen LogP contribution >= 0.6 is 12.4 Å². The van der Waals surface area contributed by atoms with E-state index in [-0.39, 0.29) is 18.3 Å². The van der Waals surface area contributed by atoms with E-state index >= 15 is 0 Å². The Morgan fingerprint density at radius 1 is 1.32 bits per heavy atom. The van der Waals surface area contributed by atoms with Gasteiger partial charge in [-0.3, -0.25) is 4.79 Å². The standard InChI is InChI=1S/C13H20N2O3.ClH/c1-17-11-4-5-12(18-2)10(9-11)3-6-13(16)15-8-7-14;/h4-5,9H,3,6-8,14H2,1-2H3,(H,15,16);1H. The van der Waals surface area contributed by atoms with Gasteiger partial charge in [0.25, 0.3) is 0 Å². The summed E-state index contributed by atoms with van der Waals surface area (Å²) in [5.74, 6) is 1.51. The molecule has 0 radical (unpaired) electrons. The molecule has 0 fully saturated rings. The Morgan fingerprint density at radius 3 is 2.63 bits per heavy atom. The van der Waals surface area contributed by atoms with Gasteiger partial charge in [0.05, 0.1) is 14.2 Å². The van der Waals surface area contributed by atoms with Crippen LogP contribution in [0.1, 0.15) is 12.0 Å². The number of hydrogen-bond donors (Lipinski definition) is 2. The molecule has 0 aromatic heterocycles. The van der Waals surface area contributed by atoms with Gasteiger partial charge < -0.3 is 20.5 Å². The topological polar surface area (TPSA) is 73.6 Å². The Morgan fingerprint density at radius 2 is 2.05 bits per heavy atom. The number of halogens is 1. The first-order valence-electron chi connectivity index (χ1n) is 5.89. The second-order valence-corrected chi connectivity index (χ2v) is 3.82. The van der Waals surface area contributed by atoms with Gasteiger partial charge in [-0.05, 0) is 30.2 Å². The fraction of sp³-hybridized carbons (Fsp3) is 0.462. The molecule has 0 saturated carbocycles. The lowest BCUT2D eigenvalue weighted by atomic mass is 10.1. The highest BCUT2D eigenvalue weighted by atomic mass is 35.5. The third kappa shape index (κ3) is 5.81. The van der Waals surface area contributed by atoms with E-state index in [9.17, 15) is 4.79 Å². The number of amides is 1. The lowest BCUT2D eigenvalue weighted by Gasteiger charge is -2.10. The molecule has 0 saturated heterocycles. The molecule has 0 atom stereocenters. The molecule has 108 valence electrons. The molecule has 0 aliphatic rings. The van der Waals surface area contributed by atoms with Gasteiger partial charge in [-0.15, -0.1) is 12.4 Å². The summed E-state index contributed by atoms with van der Waals surface area (Å²) in [6.45, 7) is 0.961. The van der Waals surface area contributed by atoms with Crippen LogP contribution in [0.3, 0.4) is 0 Å². The van der Waals surface area contributed by atoms with E-state index in [0.29, 0.717) is 25.9 Å². The molecule has 6 heteroatoms. The maximum absolute atomic E-state index is 11.5. The molecular weight excluding hydrogens is 268 g/mol. The Labute approximate surface area is 119 Å². The Kier molecular flexibility index (Phi) is 8.74. The molecule has 5 nitrogen and oxygen atoms in total. The largest absolute Gasteiger partial charge is 0.497 e. The third-order valence-corrected chi connectivity index (χ3v) is 2.58. The summed E-state index contributed by atoms with van der Waals surface area (Å²) >= 11 is 0. The predicted octanol–water partition coefficient (Wildman–Crippen LogP) is 1.13. The van der Waals surface area contributed by atoms with E-state index < -0.39 is 0 Å².